The van der Waals surface area contributed by atoms with Crippen molar-refractivity contribution in [3.63, 3.8) is 0 Å². The molecular formula is C27H27BrN4O. The summed E-state index contributed by atoms with van der Waals surface area (Å²) in [6.45, 7) is 4.55. The second-order valence-electron chi connectivity index (χ2n) is 8.69. The number of rotatable bonds is 5. The van der Waals surface area contributed by atoms with Crippen LogP contribution in [0.3, 0.4) is 0 Å². The Morgan fingerprint density at radius 3 is 2.58 bits per heavy atom. The normalized spacial score (nSPS) is 15.1. The molecule has 168 valence electrons. The topological polar surface area (TPSA) is 50.2 Å². The minimum absolute atomic E-state index is 0.0461. The summed E-state index contributed by atoms with van der Waals surface area (Å²) in [5, 5.41) is 3.12. The molecule has 1 N–H and O–H groups in total. The van der Waals surface area contributed by atoms with Crippen molar-refractivity contribution in [2.75, 3.05) is 18.4 Å². The lowest BCUT2D eigenvalue weighted by Gasteiger charge is -2.31. The van der Waals surface area contributed by atoms with E-state index in [1.807, 2.05) is 43.3 Å². The average molecular weight is 503 g/mol. The number of hydrogen-bond donors (Lipinski definition) is 1. The van der Waals surface area contributed by atoms with E-state index in [0.717, 1.165) is 70.7 Å². The zero-order valence-corrected chi connectivity index (χ0v) is 20.3. The number of likely N-dealkylation sites (tertiary alicyclic amines) is 1. The van der Waals surface area contributed by atoms with Gasteiger partial charge in [0.15, 0.2) is 0 Å². The van der Waals surface area contributed by atoms with Crippen LogP contribution in [0, 0.1) is 12.8 Å². The van der Waals surface area contributed by atoms with Crippen molar-refractivity contribution in [1.82, 2.24) is 14.5 Å². The Morgan fingerprint density at radius 2 is 1.79 bits per heavy atom. The van der Waals surface area contributed by atoms with E-state index >= 15 is 0 Å². The Bertz CT molecular complexity index is 1290. The van der Waals surface area contributed by atoms with Gasteiger partial charge < -0.3 is 5.32 Å². The molecule has 1 aliphatic heterocycles. The molecule has 0 atom stereocenters. The number of amides is 1. The largest absolute Gasteiger partial charge is 0.326 e. The Labute approximate surface area is 202 Å². The van der Waals surface area contributed by atoms with Crippen LogP contribution < -0.4 is 5.32 Å². The highest BCUT2D eigenvalue weighted by molar-refractivity contribution is 9.10. The number of aryl methyl sites for hydroxylation is 1. The molecule has 0 bridgehead atoms. The second-order valence-corrected chi connectivity index (χ2v) is 9.60. The van der Waals surface area contributed by atoms with Gasteiger partial charge in [0, 0.05) is 21.8 Å². The van der Waals surface area contributed by atoms with Gasteiger partial charge in [0.1, 0.15) is 5.82 Å². The molecular weight excluding hydrogens is 476 g/mol. The Balaban J connectivity index is 1.30. The van der Waals surface area contributed by atoms with Crippen LogP contribution in [0.5, 0.6) is 0 Å². The van der Waals surface area contributed by atoms with E-state index in [1.165, 1.54) is 0 Å². The molecule has 4 aromatic rings. The van der Waals surface area contributed by atoms with E-state index in [4.69, 9.17) is 4.98 Å². The number of carbonyl (C=O) groups is 1. The first-order chi connectivity index (χ1) is 16.1. The van der Waals surface area contributed by atoms with Gasteiger partial charge >= 0.3 is 0 Å². The molecule has 0 radical (unpaired) electrons. The number of nitrogens with zero attached hydrogens (tertiary/aromatic N) is 3. The van der Waals surface area contributed by atoms with Crippen LogP contribution in [0.2, 0.25) is 0 Å². The molecule has 1 fully saturated rings. The summed E-state index contributed by atoms with van der Waals surface area (Å²) in [5.74, 6) is 1.20. The third-order valence-electron chi connectivity index (χ3n) is 6.42. The minimum atomic E-state index is 0.0461. The number of benzene rings is 3. The molecule has 0 unspecified atom stereocenters. The monoisotopic (exact) mass is 502 g/mol. The van der Waals surface area contributed by atoms with E-state index in [0.29, 0.717) is 0 Å². The molecule has 33 heavy (non-hydrogen) atoms. The highest BCUT2D eigenvalue weighted by atomic mass is 79.9. The van der Waals surface area contributed by atoms with Crippen LogP contribution in [0.15, 0.2) is 77.3 Å². The number of nitrogens with one attached hydrogen (secondary N) is 1. The lowest BCUT2D eigenvalue weighted by molar-refractivity contribution is -0.121. The standard InChI is InChI=1S/C27H27BrN4O/c1-19-7-2-3-10-23(19)30-27(33)20-13-15-31(16-14-20)18-26-29-24-11-4-5-12-25(24)32(26)22-9-6-8-21(28)17-22/h2-12,17,20H,13-16,18H2,1H3,(H,30,33). The number of hydrogen-bond acceptors (Lipinski definition) is 3. The van der Waals surface area contributed by atoms with E-state index in [9.17, 15) is 4.79 Å². The van der Waals surface area contributed by atoms with Crippen LogP contribution in [0.1, 0.15) is 24.2 Å². The summed E-state index contributed by atoms with van der Waals surface area (Å²) in [5.41, 5.74) is 5.21. The molecule has 5 rings (SSSR count). The van der Waals surface area contributed by atoms with E-state index < -0.39 is 0 Å². The SMILES string of the molecule is Cc1ccccc1NC(=O)C1CCN(Cc2nc3ccccc3n2-c2cccc(Br)c2)CC1. The van der Waals surface area contributed by atoms with Crippen LogP contribution in [-0.2, 0) is 11.3 Å². The number of piperidine rings is 1. The molecule has 0 aliphatic carbocycles. The molecule has 1 saturated heterocycles. The number of aromatic nitrogens is 2. The van der Waals surface area contributed by atoms with E-state index in [-0.39, 0.29) is 11.8 Å². The van der Waals surface area contributed by atoms with Gasteiger partial charge in [-0.15, -0.1) is 0 Å². The predicted octanol–water partition coefficient (Wildman–Crippen LogP) is 5.95. The van der Waals surface area contributed by atoms with Crippen LogP contribution in [0.25, 0.3) is 16.7 Å². The number of anilines is 1. The molecule has 3 aromatic carbocycles. The van der Waals surface area contributed by atoms with Gasteiger partial charge in [-0.1, -0.05) is 52.3 Å². The van der Waals surface area contributed by atoms with E-state index in [2.05, 4.69) is 67.1 Å². The summed E-state index contributed by atoms with van der Waals surface area (Å²) < 4.78 is 3.29. The first-order valence-corrected chi connectivity index (χ1v) is 12.2. The minimum Gasteiger partial charge on any atom is -0.326 e. The zero-order chi connectivity index (χ0) is 22.8. The number of fused-ring (bicyclic) bond motifs is 1. The van der Waals surface area contributed by atoms with E-state index in [1.54, 1.807) is 0 Å². The molecule has 1 amide bonds. The molecule has 1 aliphatic rings. The fourth-order valence-electron chi connectivity index (χ4n) is 4.59. The molecule has 2 heterocycles. The van der Waals surface area contributed by atoms with Crippen molar-refractivity contribution in [2.45, 2.75) is 26.3 Å². The number of para-hydroxylation sites is 3. The van der Waals surface area contributed by atoms with Crippen molar-refractivity contribution in [3.05, 3.63) is 88.7 Å². The summed E-state index contributed by atoms with van der Waals surface area (Å²) in [7, 11) is 0. The zero-order valence-electron chi connectivity index (χ0n) is 18.7. The maximum atomic E-state index is 12.8. The molecule has 0 spiro atoms. The van der Waals surface area contributed by atoms with Gasteiger partial charge in [-0.3, -0.25) is 14.3 Å². The lowest BCUT2D eigenvalue weighted by Crippen LogP contribution is -2.38. The third-order valence-corrected chi connectivity index (χ3v) is 6.92. The van der Waals surface area contributed by atoms with Crippen molar-refractivity contribution in [3.8, 4) is 5.69 Å². The number of carbonyl (C=O) groups excluding carboxylic acids is 1. The summed E-state index contributed by atoms with van der Waals surface area (Å²) in [6.07, 6.45) is 1.71. The summed E-state index contributed by atoms with van der Waals surface area (Å²) >= 11 is 3.60. The third kappa shape index (κ3) is 4.72. The van der Waals surface area contributed by atoms with Crippen molar-refractivity contribution in [2.24, 2.45) is 5.92 Å². The summed E-state index contributed by atoms with van der Waals surface area (Å²) in [6, 6.07) is 24.5. The van der Waals surface area contributed by atoms with Gasteiger partial charge in [0.2, 0.25) is 5.91 Å². The van der Waals surface area contributed by atoms with Gasteiger partial charge in [-0.2, -0.15) is 0 Å². The summed E-state index contributed by atoms with van der Waals surface area (Å²) in [4.78, 5) is 20.2. The predicted molar refractivity (Wildman–Crippen MR) is 137 cm³/mol. The lowest BCUT2D eigenvalue weighted by atomic mass is 9.95. The maximum absolute atomic E-state index is 12.8. The Morgan fingerprint density at radius 1 is 1.03 bits per heavy atom. The number of imidazole rings is 1. The van der Waals surface area contributed by atoms with Crippen molar-refractivity contribution >= 4 is 38.6 Å². The van der Waals surface area contributed by atoms with Gasteiger partial charge in [-0.05, 0) is 74.8 Å². The fourth-order valence-corrected chi connectivity index (χ4v) is 4.97. The molecule has 6 heteroatoms. The average Bonchev–Trinajstić information content (AvgIpc) is 3.19. The van der Waals surface area contributed by atoms with Crippen molar-refractivity contribution < 1.29 is 4.79 Å². The Kier molecular flexibility index (Phi) is 6.29. The van der Waals surface area contributed by atoms with Crippen LogP contribution in [0.4, 0.5) is 5.69 Å². The van der Waals surface area contributed by atoms with Crippen molar-refractivity contribution in [1.29, 1.82) is 0 Å². The van der Waals surface area contributed by atoms with Gasteiger partial charge in [0.05, 0.1) is 17.6 Å². The highest BCUT2D eigenvalue weighted by Gasteiger charge is 2.26. The molecule has 5 nitrogen and oxygen atoms in total. The Hall–Kier alpha value is -2.96. The number of halogens is 1. The first kappa shape index (κ1) is 21.9. The van der Waals surface area contributed by atoms with Crippen LogP contribution >= 0.6 is 15.9 Å². The van der Waals surface area contributed by atoms with Gasteiger partial charge in [0.25, 0.3) is 0 Å². The molecule has 0 saturated carbocycles. The smallest absolute Gasteiger partial charge is 0.227 e. The molecule has 1 aromatic heterocycles. The fraction of sp³-hybridized carbons (Fsp3) is 0.259. The highest BCUT2D eigenvalue weighted by Crippen LogP contribution is 2.27. The maximum Gasteiger partial charge on any atom is 0.227 e. The van der Waals surface area contributed by atoms with Gasteiger partial charge in [-0.25, -0.2) is 4.98 Å². The van der Waals surface area contributed by atoms with Crippen LogP contribution in [-0.4, -0.2) is 33.4 Å². The second kappa shape index (κ2) is 9.49. The first-order valence-electron chi connectivity index (χ1n) is 11.4. The quantitative estimate of drug-likeness (QED) is 0.366.